The van der Waals surface area contributed by atoms with Gasteiger partial charge in [0.25, 0.3) is 0 Å². The molecule has 0 spiro atoms. The molecule has 0 N–H and O–H groups in total. The van der Waals surface area contributed by atoms with Crippen molar-refractivity contribution in [2.75, 3.05) is 0 Å². The first-order valence-corrected chi connectivity index (χ1v) is 7.07. The molecule has 3 rings (SSSR count). The summed E-state index contributed by atoms with van der Waals surface area (Å²) in [6, 6.07) is 18.5. The van der Waals surface area contributed by atoms with E-state index in [0.29, 0.717) is 6.42 Å². The molecule has 0 atom stereocenters. The standard InChI is InChI=1S/C19H17NO/c1-2-6-15-9-11-16(12-10-15)13-19-20-14-18(21-19)17-7-4-3-5-8-17/h2-12,14H,13H2,1H3/b6-2+. The van der Waals surface area contributed by atoms with Crippen LogP contribution in [0.15, 0.2) is 71.3 Å². The van der Waals surface area contributed by atoms with Gasteiger partial charge in [0.1, 0.15) is 0 Å². The Morgan fingerprint density at radius 2 is 1.76 bits per heavy atom. The molecule has 3 aromatic rings. The second-order valence-electron chi connectivity index (χ2n) is 4.90. The van der Waals surface area contributed by atoms with E-state index in [9.17, 15) is 0 Å². The van der Waals surface area contributed by atoms with Gasteiger partial charge in [0.05, 0.1) is 6.20 Å². The van der Waals surface area contributed by atoms with Crippen LogP contribution in [0.5, 0.6) is 0 Å². The maximum atomic E-state index is 5.83. The number of rotatable bonds is 4. The van der Waals surface area contributed by atoms with Crippen molar-refractivity contribution < 1.29 is 4.42 Å². The highest BCUT2D eigenvalue weighted by Crippen LogP contribution is 2.21. The van der Waals surface area contributed by atoms with Gasteiger partial charge in [-0.25, -0.2) is 4.98 Å². The fourth-order valence-corrected chi connectivity index (χ4v) is 2.24. The van der Waals surface area contributed by atoms with Crippen LogP contribution in [0.25, 0.3) is 17.4 Å². The molecule has 2 aromatic carbocycles. The minimum absolute atomic E-state index is 0.711. The zero-order valence-corrected chi connectivity index (χ0v) is 12.0. The lowest BCUT2D eigenvalue weighted by Crippen LogP contribution is -1.87. The molecule has 0 saturated heterocycles. The van der Waals surface area contributed by atoms with Crippen LogP contribution in [0.3, 0.4) is 0 Å². The molecular weight excluding hydrogens is 258 g/mol. The third kappa shape index (κ3) is 3.29. The monoisotopic (exact) mass is 275 g/mol. The third-order valence-electron chi connectivity index (χ3n) is 3.31. The molecule has 0 saturated carbocycles. The average molecular weight is 275 g/mol. The number of hydrogen-bond donors (Lipinski definition) is 0. The van der Waals surface area contributed by atoms with Crippen LogP contribution >= 0.6 is 0 Å². The van der Waals surface area contributed by atoms with Crippen molar-refractivity contribution >= 4 is 6.08 Å². The van der Waals surface area contributed by atoms with Gasteiger partial charge in [-0.1, -0.05) is 66.7 Å². The van der Waals surface area contributed by atoms with Gasteiger partial charge in [0.15, 0.2) is 11.7 Å². The molecular formula is C19H17NO. The zero-order valence-electron chi connectivity index (χ0n) is 12.0. The Bertz CT molecular complexity index is 724. The lowest BCUT2D eigenvalue weighted by molar-refractivity contribution is 0.519. The lowest BCUT2D eigenvalue weighted by atomic mass is 10.1. The molecule has 21 heavy (non-hydrogen) atoms. The predicted molar refractivity (Wildman–Crippen MR) is 85.9 cm³/mol. The number of hydrogen-bond acceptors (Lipinski definition) is 2. The van der Waals surface area contributed by atoms with E-state index in [0.717, 1.165) is 17.2 Å². The first-order valence-electron chi connectivity index (χ1n) is 7.07. The van der Waals surface area contributed by atoms with Crippen molar-refractivity contribution in [2.45, 2.75) is 13.3 Å². The number of nitrogens with zero attached hydrogens (tertiary/aromatic N) is 1. The van der Waals surface area contributed by atoms with E-state index in [1.807, 2.05) is 43.3 Å². The first-order chi connectivity index (χ1) is 10.3. The van der Waals surface area contributed by atoms with Crippen LogP contribution < -0.4 is 0 Å². The summed E-state index contributed by atoms with van der Waals surface area (Å²) in [5, 5.41) is 0. The van der Waals surface area contributed by atoms with E-state index >= 15 is 0 Å². The first kappa shape index (κ1) is 13.4. The fourth-order valence-electron chi connectivity index (χ4n) is 2.24. The van der Waals surface area contributed by atoms with Gasteiger partial charge >= 0.3 is 0 Å². The Labute approximate surface area is 124 Å². The second-order valence-corrected chi connectivity index (χ2v) is 4.90. The molecule has 0 amide bonds. The number of aromatic nitrogens is 1. The molecule has 0 aliphatic carbocycles. The van der Waals surface area contributed by atoms with Gasteiger partial charge < -0.3 is 4.42 Å². The van der Waals surface area contributed by atoms with Gasteiger partial charge in [0.2, 0.25) is 0 Å². The maximum Gasteiger partial charge on any atom is 0.199 e. The van der Waals surface area contributed by atoms with Gasteiger partial charge in [-0.05, 0) is 18.1 Å². The van der Waals surface area contributed by atoms with Gasteiger partial charge in [0, 0.05) is 12.0 Å². The molecule has 2 nitrogen and oxygen atoms in total. The van der Waals surface area contributed by atoms with E-state index < -0.39 is 0 Å². The largest absolute Gasteiger partial charge is 0.440 e. The van der Waals surface area contributed by atoms with Crippen LogP contribution in [-0.2, 0) is 6.42 Å². The molecule has 0 fully saturated rings. The molecule has 104 valence electrons. The molecule has 0 radical (unpaired) electrons. The van der Waals surface area contributed by atoms with Gasteiger partial charge in [-0.3, -0.25) is 0 Å². The highest BCUT2D eigenvalue weighted by molar-refractivity contribution is 5.55. The summed E-state index contributed by atoms with van der Waals surface area (Å²) in [5.74, 6) is 1.56. The molecule has 0 bridgehead atoms. The Morgan fingerprint density at radius 3 is 2.48 bits per heavy atom. The second kappa shape index (κ2) is 6.23. The quantitative estimate of drug-likeness (QED) is 0.672. The van der Waals surface area contributed by atoms with Crippen LogP contribution in [-0.4, -0.2) is 4.98 Å². The topological polar surface area (TPSA) is 26.0 Å². The van der Waals surface area contributed by atoms with Crippen LogP contribution in [0.4, 0.5) is 0 Å². The molecule has 0 aliphatic rings. The molecule has 1 heterocycles. The van der Waals surface area contributed by atoms with E-state index in [4.69, 9.17) is 4.42 Å². The third-order valence-corrected chi connectivity index (χ3v) is 3.31. The van der Waals surface area contributed by atoms with Crippen molar-refractivity contribution in [3.63, 3.8) is 0 Å². The predicted octanol–water partition coefficient (Wildman–Crippen LogP) is 4.97. The Morgan fingerprint density at radius 1 is 1.00 bits per heavy atom. The zero-order chi connectivity index (χ0) is 14.5. The summed E-state index contributed by atoms with van der Waals surface area (Å²) in [7, 11) is 0. The maximum absolute atomic E-state index is 5.83. The van der Waals surface area contributed by atoms with E-state index in [1.54, 1.807) is 6.20 Å². The molecule has 0 aliphatic heterocycles. The van der Waals surface area contributed by atoms with Gasteiger partial charge in [-0.15, -0.1) is 0 Å². The molecule has 0 unspecified atom stereocenters. The summed E-state index contributed by atoms with van der Waals surface area (Å²) in [4.78, 5) is 4.37. The van der Waals surface area contributed by atoms with Crippen LogP contribution in [0.2, 0.25) is 0 Å². The van der Waals surface area contributed by atoms with E-state index in [-0.39, 0.29) is 0 Å². The van der Waals surface area contributed by atoms with Crippen molar-refractivity contribution in [1.82, 2.24) is 4.98 Å². The van der Waals surface area contributed by atoms with Crippen molar-refractivity contribution in [2.24, 2.45) is 0 Å². The average Bonchev–Trinajstić information content (AvgIpc) is 2.99. The minimum Gasteiger partial charge on any atom is -0.440 e. The smallest absolute Gasteiger partial charge is 0.199 e. The lowest BCUT2D eigenvalue weighted by Gasteiger charge is -1.99. The van der Waals surface area contributed by atoms with E-state index in [2.05, 4.69) is 35.3 Å². The Hall–Kier alpha value is -2.61. The fraction of sp³-hybridized carbons (Fsp3) is 0.105. The minimum atomic E-state index is 0.711. The summed E-state index contributed by atoms with van der Waals surface area (Å²) in [6.07, 6.45) is 6.62. The number of benzene rings is 2. The Balaban J connectivity index is 1.75. The summed E-state index contributed by atoms with van der Waals surface area (Å²) in [5.41, 5.74) is 3.46. The Kier molecular flexibility index (Phi) is 3.97. The highest BCUT2D eigenvalue weighted by atomic mass is 16.4. The molecule has 2 heteroatoms. The van der Waals surface area contributed by atoms with Crippen LogP contribution in [0.1, 0.15) is 23.9 Å². The van der Waals surface area contributed by atoms with Crippen molar-refractivity contribution in [3.05, 3.63) is 83.9 Å². The van der Waals surface area contributed by atoms with Crippen LogP contribution in [0, 0.1) is 0 Å². The number of oxazole rings is 1. The van der Waals surface area contributed by atoms with Crippen molar-refractivity contribution in [1.29, 1.82) is 0 Å². The van der Waals surface area contributed by atoms with Gasteiger partial charge in [-0.2, -0.15) is 0 Å². The summed E-state index contributed by atoms with van der Waals surface area (Å²) in [6.45, 7) is 2.02. The summed E-state index contributed by atoms with van der Waals surface area (Å²) >= 11 is 0. The SMILES string of the molecule is C/C=C/c1ccc(Cc2ncc(-c3ccccc3)o2)cc1. The molecule has 1 aromatic heterocycles. The van der Waals surface area contributed by atoms with Crippen molar-refractivity contribution in [3.8, 4) is 11.3 Å². The number of allylic oxidation sites excluding steroid dienone is 1. The summed E-state index contributed by atoms with van der Waals surface area (Å²) < 4.78 is 5.83. The normalized spacial score (nSPS) is 11.1. The van der Waals surface area contributed by atoms with E-state index in [1.165, 1.54) is 11.1 Å². The highest BCUT2D eigenvalue weighted by Gasteiger charge is 2.06.